The molecule has 6 nitrogen and oxygen atoms in total. The Morgan fingerprint density at radius 3 is 2.48 bits per heavy atom. The van der Waals surface area contributed by atoms with Crippen LogP contribution in [0.1, 0.15) is 43.9 Å². The molecule has 158 valence electrons. The summed E-state index contributed by atoms with van der Waals surface area (Å²) in [5.74, 6) is 1.63. The van der Waals surface area contributed by atoms with Gasteiger partial charge < -0.3 is 15.4 Å². The number of halogens is 3. The van der Waals surface area contributed by atoms with Crippen LogP contribution in [0.2, 0.25) is 0 Å². The van der Waals surface area contributed by atoms with Crippen LogP contribution in [0.25, 0.3) is 0 Å². The molecule has 3 atom stereocenters. The van der Waals surface area contributed by atoms with E-state index in [0.29, 0.717) is 29.4 Å². The Kier molecular flexibility index (Phi) is 5.18. The minimum Gasteiger partial charge on any atom is -0.424 e. The molecule has 2 heterocycles. The average molecular weight is 409 g/mol. The van der Waals surface area contributed by atoms with Gasteiger partial charge >= 0.3 is 12.2 Å². The van der Waals surface area contributed by atoms with Crippen LogP contribution in [0.15, 0.2) is 18.2 Å². The van der Waals surface area contributed by atoms with Crippen LogP contribution >= 0.6 is 0 Å². The Morgan fingerprint density at radius 1 is 1.17 bits per heavy atom. The van der Waals surface area contributed by atoms with Crippen molar-refractivity contribution in [2.45, 2.75) is 51.9 Å². The Balaban J connectivity index is 1.59. The lowest BCUT2D eigenvalue weighted by molar-refractivity contribution is -0.137. The highest BCUT2D eigenvalue weighted by molar-refractivity contribution is 5.38. The standard InChI is InChI=1S/C20H26F3N5O/c1-11(2)28-19(29-16-7-12(3)6-15(8-16)20(21,22)23)26-18(27-28)25-17-13-4-5-14(17)10-24-9-13/h6-8,11,13-14,17,24H,4-5,9-10H2,1-3H3,(H,25,27)/t13-,14+,17+. The molecule has 2 aromatic rings. The lowest BCUT2D eigenvalue weighted by Gasteiger charge is -2.30. The quantitative estimate of drug-likeness (QED) is 0.767. The highest BCUT2D eigenvalue weighted by Crippen LogP contribution is 2.37. The van der Waals surface area contributed by atoms with Crippen molar-refractivity contribution in [3.8, 4) is 11.8 Å². The molecule has 1 aromatic heterocycles. The molecular formula is C20H26F3N5O. The molecule has 29 heavy (non-hydrogen) atoms. The van der Waals surface area contributed by atoms with E-state index >= 15 is 0 Å². The smallest absolute Gasteiger partial charge is 0.416 e. The monoisotopic (exact) mass is 409 g/mol. The van der Waals surface area contributed by atoms with Crippen LogP contribution in [0.3, 0.4) is 0 Å². The lowest BCUT2D eigenvalue weighted by atomic mass is 9.94. The van der Waals surface area contributed by atoms with Gasteiger partial charge in [0.05, 0.1) is 11.6 Å². The maximum absolute atomic E-state index is 13.1. The third-order valence-corrected chi connectivity index (χ3v) is 5.71. The molecule has 1 saturated carbocycles. The predicted octanol–water partition coefficient (Wildman–Crippen LogP) is 4.39. The highest BCUT2D eigenvalue weighted by Gasteiger charge is 2.39. The van der Waals surface area contributed by atoms with Gasteiger partial charge in [-0.3, -0.25) is 0 Å². The number of nitrogens with one attached hydrogen (secondary N) is 2. The van der Waals surface area contributed by atoms with E-state index in [2.05, 4.69) is 20.7 Å². The van der Waals surface area contributed by atoms with Gasteiger partial charge in [-0.1, -0.05) is 0 Å². The van der Waals surface area contributed by atoms with E-state index < -0.39 is 11.7 Å². The van der Waals surface area contributed by atoms with Gasteiger partial charge in [-0.05, 0) is 82.3 Å². The lowest BCUT2D eigenvalue weighted by Crippen LogP contribution is -2.45. The molecule has 2 aliphatic rings. The van der Waals surface area contributed by atoms with Crippen LogP contribution in [-0.4, -0.2) is 33.9 Å². The molecule has 4 rings (SSSR count). The number of hydrogen-bond donors (Lipinski definition) is 2. The van der Waals surface area contributed by atoms with E-state index in [1.807, 2.05) is 13.8 Å². The van der Waals surface area contributed by atoms with E-state index in [1.54, 1.807) is 17.7 Å². The highest BCUT2D eigenvalue weighted by atomic mass is 19.4. The number of piperidine rings is 1. The third kappa shape index (κ3) is 4.19. The molecule has 0 spiro atoms. The maximum atomic E-state index is 13.1. The van der Waals surface area contributed by atoms with Crippen molar-refractivity contribution >= 4 is 5.95 Å². The summed E-state index contributed by atoms with van der Waals surface area (Å²) in [5, 5.41) is 11.4. The number of hydrogen-bond acceptors (Lipinski definition) is 5. The van der Waals surface area contributed by atoms with Crippen molar-refractivity contribution in [2.75, 3.05) is 18.4 Å². The summed E-state index contributed by atoms with van der Waals surface area (Å²) >= 11 is 0. The topological polar surface area (TPSA) is 64.0 Å². The Morgan fingerprint density at radius 2 is 1.86 bits per heavy atom. The van der Waals surface area contributed by atoms with Crippen LogP contribution in [0.4, 0.5) is 19.1 Å². The summed E-state index contributed by atoms with van der Waals surface area (Å²) in [6.45, 7) is 7.42. The molecule has 2 N–H and O–H groups in total. The molecule has 1 saturated heterocycles. The van der Waals surface area contributed by atoms with Gasteiger partial charge in [0.1, 0.15) is 5.75 Å². The van der Waals surface area contributed by atoms with E-state index in [1.165, 1.54) is 12.8 Å². The van der Waals surface area contributed by atoms with Crippen molar-refractivity contribution in [1.29, 1.82) is 0 Å². The fraction of sp³-hybridized carbons (Fsp3) is 0.600. The van der Waals surface area contributed by atoms with Crippen molar-refractivity contribution in [2.24, 2.45) is 11.8 Å². The second-order valence-corrected chi connectivity index (χ2v) is 8.32. The maximum Gasteiger partial charge on any atom is 0.416 e. The molecule has 2 bridgehead atoms. The van der Waals surface area contributed by atoms with Gasteiger partial charge in [-0.15, -0.1) is 5.10 Å². The molecule has 1 aliphatic heterocycles. The molecular weight excluding hydrogens is 383 g/mol. The predicted molar refractivity (Wildman–Crippen MR) is 103 cm³/mol. The van der Waals surface area contributed by atoms with E-state index in [-0.39, 0.29) is 17.8 Å². The van der Waals surface area contributed by atoms with Crippen LogP contribution in [0.5, 0.6) is 11.8 Å². The molecule has 9 heteroatoms. The SMILES string of the molecule is Cc1cc(Oc2nc(N[C@H]3[C@@H]4CC[C@H]3CNC4)nn2C(C)C)cc(C(F)(F)F)c1. The van der Waals surface area contributed by atoms with Crippen LogP contribution in [-0.2, 0) is 6.18 Å². The summed E-state index contributed by atoms with van der Waals surface area (Å²) in [7, 11) is 0. The number of aryl methyl sites for hydroxylation is 1. The zero-order valence-electron chi connectivity index (χ0n) is 16.8. The van der Waals surface area contributed by atoms with E-state index in [0.717, 1.165) is 25.2 Å². The second-order valence-electron chi connectivity index (χ2n) is 8.32. The van der Waals surface area contributed by atoms with Gasteiger partial charge in [-0.25, -0.2) is 4.68 Å². The number of ether oxygens (including phenoxy) is 1. The van der Waals surface area contributed by atoms with Gasteiger partial charge in [0, 0.05) is 6.04 Å². The Labute approximate surface area is 167 Å². The third-order valence-electron chi connectivity index (χ3n) is 5.71. The van der Waals surface area contributed by atoms with Crippen LogP contribution in [0, 0.1) is 18.8 Å². The Bertz CT molecular complexity index is 863. The fourth-order valence-electron chi connectivity index (χ4n) is 4.32. The molecule has 0 radical (unpaired) electrons. The van der Waals surface area contributed by atoms with Gasteiger partial charge in [0.15, 0.2) is 0 Å². The summed E-state index contributed by atoms with van der Waals surface area (Å²) in [5.41, 5.74) is -0.275. The number of fused-ring (bicyclic) bond motifs is 2. The van der Waals surface area contributed by atoms with Crippen molar-refractivity contribution < 1.29 is 17.9 Å². The molecule has 1 aromatic carbocycles. The minimum atomic E-state index is -4.43. The minimum absolute atomic E-state index is 0.0512. The van der Waals surface area contributed by atoms with Gasteiger partial charge in [0.2, 0.25) is 5.95 Å². The van der Waals surface area contributed by atoms with Crippen molar-refractivity contribution in [3.63, 3.8) is 0 Å². The average Bonchev–Trinajstić information content (AvgIpc) is 3.10. The van der Waals surface area contributed by atoms with E-state index in [4.69, 9.17) is 4.74 Å². The number of rotatable bonds is 5. The fourth-order valence-corrected chi connectivity index (χ4v) is 4.32. The summed E-state index contributed by atoms with van der Waals surface area (Å²) in [4.78, 5) is 4.46. The summed E-state index contributed by atoms with van der Waals surface area (Å²) < 4.78 is 46.8. The number of nitrogens with zero attached hydrogens (tertiary/aromatic N) is 3. The molecule has 2 fully saturated rings. The zero-order chi connectivity index (χ0) is 20.8. The molecule has 0 unspecified atom stereocenters. The first-order valence-corrected chi connectivity index (χ1v) is 10.0. The first kappa shape index (κ1) is 20.0. The number of anilines is 1. The van der Waals surface area contributed by atoms with Gasteiger partial charge in [-0.2, -0.15) is 18.2 Å². The first-order valence-electron chi connectivity index (χ1n) is 10.0. The second kappa shape index (κ2) is 7.51. The van der Waals surface area contributed by atoms with E-state index in [9.17, 15) is 13.2 Å². The largest absolute Gasteiger partial charge is 0.424 e. The van der Waals surface area contributed by atoms with Crippen LogP contribution < -0.4 is 15.4 Å². The summed E-state index contributed by atoms with van der Waals surface area (Å²) in [6, 6.07) is 4.09. The molecule has 1 aliphatic carbocycles. The number of benzene rings is 1. The summed E-state index contributed by atoms with van der Waals surface area (Å²) in [6.07, 6.45) is -2.09. The molecule has 0 amide bonds. The Hall–Kier alpha value is -2.29. The number of alkyl halides is 3. The van der Waals surface area contributed by atoms with Gasteiger partial charge in [0.25, 0.3) is 0 Å². The normalized spacial score (nSPS) is 24.2. The first-order chi connectivity index (χ1) is 13.7. The van der Waals surface area contributed by atoms with Crippen molar-refractivity contribution in [1.82, 2.24) is 20.1 Å². The zero-order valence-corrected chi connectivity index (χ0v) is 16.8. The van der Waals surface area contributed by atoms with Crippen molar-refractivity contribution in [3.05, 3.63) is 29.3 Å². The number of aromatic nitrogens is 3.